The maximum atomic E-state index is 10.9. The molecule has 1 aliphatic heterocycles. The van der Waals surface area contributed by atoms with Crippen LogP contribution in [0.4, 0.5) is 0 Å². The van der Waals surface area contributed by atoms with Gasteiger partial charge in [-0.1, -0.05) is 6.92 Å². The van der Waals surface area contributed by atoms with Crippen LogP contribution in [0.5, 0.6) is 0 Å². The third-order valence-electron chi connectivity index (χ3n) is 1.73. The second-order valence-electron chi connectivity index (χ2n) is 2.74. The average Bonchev–Trinajstić information content (AvgIpc) is 2.48. The van der Waals surface area contributed by atoms with Gasteiger partial charge in [-0.3, -0.25) is 14.4 Å². The molecule has 0 saturated carbocycles. The highest BCUT2D eigenvalue weighted by Crippen LogP contribution is 2.12. The van der Waals surface area contributed by atoms with E-state index in [1.165, 1.54) is 6.92 Å². The van der Waals surface area contributed by atoms with Gasteiger partial charge in [0.2, 0.25) is 5.78 Å². The minimum Gasteiger partial charge on any atom is -0.322 e. The smallest absolute Gasteiger partial charge is 0.322 e. The zero-order valence-corrected chi connectivity index (χ0v) is 7.61. The largest absolute Gasteiger partial charge is 0.399 e. The molecular formula is C8H9NO5. The standard InChI is InChI=1S/C8H9NO5/c1-2-5(10)8(13)14-9-6(11)3-4-7(9)12/h2-4H2,1H3. The van der Waals surface area contributed by atoms with Gasteiger partial charge in [0.1, 0.15) is 0 Å². The van der Waals surface area contributed by atoms with Crippen molar-refractivity contribution in [2.24, 2.45) is 0 Å². The summed E-state index contributed by atoms with van der Waals surface area (Å²) in [6.45, 7) is 1.48. The van der Waals surface area contributed by atoms with E-state index in [9.17, 15) is 19.2 Å². The summed E-state index contributed by atoms with van der Waals surface area (Å²) in [5, 5.41) is 0.357. The fraction of sp³-hybridized carbons (Fsp3) is 0.500. The van der Waals surface area contributed by atoms with Gasteiger partial charge >= 0.3 is 5.97 Å². The Kier molecular flexibility index (Phi) is 2.95. The van der Waals surface area contributed by atoms with Crippen molar-refractivity contribution in [2.45, 2.75) is 26.2 Å². The lowest BCUT2D eigenvalue weighted by Crippen LogP contribution is -2.34. The summed E-state index contributed by atoms with van der Waals surface area (Å²) in [6.07, 6.45) is 0.0217. The van der Waals surface area contributed by atoms with E-state index in [0.717, 1.165) is 0 Å². The van der Waals surface area contributed by atoms with Crippen molar-refractivity contribution in [3.63, 3.8) is 0 Å². The number of hydrogen-bond acceptors (Lipinski definition) is 5. The van der Waals surface area contributed by atoms with Crippen LogP contribution in [0.25, 0.3) is 0 Å². The quantitative estimate of drug-likeness (QED) is 0.455. The van der Waals surface area contributed by atoms with Crippen molar-refractivity contribution in [1.82, 2.24) is 5.06 Å². The lowest BCUT2D eigenvalue weighted by atomic mass is 10.3. The van der Waals surface area contributed by atoms with Gasteiger partial charge in [-0.15, -0.1) is 5.06 Å². The Morgan fingerprint density at radius 2 is 1.79 bits per heavy atom. The van der Waals surface area contributed by atoms with E-state index in [-0.39, 0.29) is 19.3 Å². The molecule has 14 heavy (non-hydrogen) atoms. The average molecular weight is 199 g/mol. The molecule has 6 nitrogen and oxygen atoms in total. The van der Waals surface area contributed by atoms with Crippen LogP contribution in [0.2, 0.25) is 0 Å². The topological polar surface area (TPSA) is 80.8 Å². The van der Waals surface area contributed by atoms with E-state index in [2.05, 4.69) is 4.84 Å². The first-order valence-electron chi connectivity index (χ1n) is 4.17. The number of hydroxylamine groups is 2. The first-order valence-corrected chi connectivity index (χ1v) is 4.17. The molecule has 0 bridgehead atoms. The van der Waals surface area contributed by atoms with Crippen LogP contribution in [0, 0.1) is 0 Å². The molecule has 1 aliphatic rings. The van der Waals surface area contributed by atoms with E-state index in [1.807, 2.05) is 0 Å². The van der Waals surface area contributed by atoms with Gasteiger partial charge in [0.15, 0.2) is 0 Å². The van der Waals surface area contributed by atoms with Gasteiger partial charge in [0.05, 0.1) is 0 Å². The lowest BCUT2D eigenvalue weighted by Gasteiger charge is -2.10. The molecular weight excluding hydrogens is 190 g/mol. The van der Waals surface area contributed by atoms with Gasteiger partial charge < -0.3 is 4.84 Å². The monoisotopic (exact) mass is 199 g/mol. The molecule has 0 radical (unpaired) electrons. The fourth-order valence-corrected chi connectivity index (χ4v) is 0.936. The summed E-state index contributed by atoms with van der Waals surface area (Å²) in [7, 11) is 0. The summed E-state index contributed by atoms with van der Waals surface area (Å²) >= 11 is 0. The summed E-state index contributed by atoms with van der Waals surface area (Å²) < 4.78 is 0. The zero-order chi connectivity index (χ0) is 10.7. The molecule has 2 amide bonds. The molecule has 0 N–H and O–H groups in total. The van der Waals surface area contributed by atoms with Gasteiger partial charge in [-0.05, 0) is 0 Å². The SMILES string of the molecule is CCC(=O)C(=O)ON1C(=O)CCC1=O. The van der Waals surface area contributed by atoms with Crippen LogP contribution in [-0.2, 0) is 24.0 Å². The Hall–Kier alpha value is -1.72. The van der Waals surface area contributed by atoms with Crippen molar-refractivity contribution >= 4 is 23.6 Å². The van der Waals surface area contributed by atoms with E-state index in [1.54, 1.807) is 0 Å². The number of ketones is 1. The number of Topliss-reactive ketones (excluding diaryl/α,β-unsaturated/α-hetero) is 1. The van der Waals surface area contributed by atoms with Gasteiger partial charge in [-0.25, -0.2) is 4.79 Å². The molecule has 1 saturated heterocycles. The van der Waals surface area contributed by atoms with Crippen LogP contribution in [0.1, 0.15) is 26.2 Å². The second-order valence-corrected chi connectivity index (χ2v) is 2.74. The maximum Gasteiger partial charge on any atom is 0.399 e. The maximum absolute atomic E-state index is 10.9. The summed E-state index contributed by atoms with van der Waals surface area (Å²) in [4.78, 5) is 47.9. The van der Waals surface area contributed by atoms with Crippen molar-refractivity contribution in [3.05, 3.63) is 0 Å². The number of imide groups is 1. The van der Waals surface area contributed by atoms with Crippen LogP contribution < -0.4 is 0 Å². The Labute approximate surface area is 79.8 Å². The van der Waals surface area contributed by atoms with Crippen molar-refractivity contribution in [1.29, 1.82) is 0 Å². The van der Waals surface area contributed by atoms with Crippen molar-refractivity contribution in [2.75, 3.05) is 0 Å². The van der Waals surface area contributed by atoms with Gasteiger partial charge in [-0.2, -0.15) is 0 Å². The predicted octanol–water partition coefficient (Wildman–Crippen LogP) is -0.427. The predicted molar refractivity (Wildman–Crippen MR) is 42.5 cm³/mol. The summed E-state index contributed by atoms with van der Waals surface area (Å²) in [6, 6.07) is 0. The van der Waals surface area contributed by atoms with Crippen LogP contribution >= 0.6 is 0 Å². The molecule has 1 fully saturated rings. The van der Waals surface area contributed by atoms with Crippen LogP contribution in [-0.4, -0.2) is 28.6 Å². The van der Waals surface area contributed by atoms with Crippen LogP contribution in [0.15, 0.2) is 0 Å². The molecule has 0 aromatic heterocycles. The number of hydrogen-bond donors (Lipinski definition) is 0. The highest BCUT2D eigenvalue weighted by Gasteiger charge is 2.33. The minimum absolute atomic E-state index is 0.0188. The lowest BCUT2D eigenvalue weighted by molar-refractivity contribution is -0.197. The second kappa shape index (κ2) is 3.99. The third kappa shape index (κ3) is 1.95. The molecule has 0 aromatic rings. The van der Waals surface area contributed by atoms with Crippen LogP contribution in [0.3, 0.4) is 0 Å². The number of rotatable bonds is 3. The third-order valence-corrected chi connectivity index (χ3v) is 1.73. The molecule has 0 aromatic carbocycles. The molecule has 1 rings (SSSR count). The molecule has 1 heterocycles. The molecule has 76 valence electrons. The Bertz CT molecular complexity index is 293. The van der Waals surface area contributed by atoms with Crippen molar-refractivity contribution in [3.8, 4) is 0 Å². The summed E-state index contributed by atoms with van der Waals surface area (Å²) in [5.41, 5.74) is 0. The minimum atomic E-state index is -1.17. The highest BCUT2D eigenvalue weighted by atomic mass is 16.7. The van der Waals surface area contributed by atoms with Gasteiger partial charge in [0, 0.05) is 19.3 Å². The van der Waals surface area contributed by atoms with Gasteiger partial charge in [0.25, 0.3) is 11.8 Å². The zero-order valence-electron chi connectivity index (χ0n) is 7.61. The molecule has 0 unspecified atom stereocenters. The normalized spacial score (nSPS) is 15.9. The van der Waals surface area contributed by atoms with E-state index < -0.39 is 23.6 Å². The Morgan fingerprint density at radius 3 is 2.21 bits per heavy atom. The highest BCUT2D eigenvalue weighted by molar-refractivity contribution is 6.33. The van der Waals surface area contributed by atoms with E-state index in [4.69, 9.17) is 0 Å². The molecule has 6 heteroatoms. The first-order chi connectivity index (χ1) is 6.56. The number of nitrogens with zero attached hydrogens (tertiary/aromatic N) is 1. The molecule has 0 atom stereocenters. The van der Waals surface area contributed by atoms with E-state index >= 15 is 0 Å². The number of amides is 2. The Balaban J connectivity index is 2.60. The van der Waals surface area contributed by atoms with E-state index in [0.29, 0.717) is 5.06 Å². The Morgan fingerprint density at radius 1 is 1.29 bits per heavy atom. The molecule has 0 spiro atoms. The number of carbonyl (C=O) groups excluding carboxylic acids is 4. The molecule has 0 aliphatic carbocycles. The fourth-order valence-electron chi connectivity index (χ4n) is 0.936. The number of carbonyl (C=O) groups is 4. The summed E-state index contributed by atoms with van der Waals surface area (Å²) in [5.74, 6) is -3.12. The van der Waals surface area contributed by atoms with Crippen molar-refractivity contribution < 1.29 is 24.0 Å². The first kappa shape index (κ1) is 10.4.